The van der Waals surface area contributed by atoms with Crippen LogP contribution in [0.1, 0.15) is 5.69 Å². The second-order valence-corrected chi connectivity index (χ2v) is 2.76. The molecule has 48 valence electrons. The molecular weight excluding hydrogens is 198 g/mol. The highest BCUT2D eigenvalue weighted by atomic mass is 79.9. The fourth-order valence-electron chi connectivity index (χ4n) is 0.535. The van der Waals surface area contributed by atoms with Gasteiger partial charge in [-0.05, 0) is 28.1 Å². The van der Waals surface area contributed by atoms with Crippen molar-refractivity contribution in [2.45, 2.75) is 5.75 Å². The van der Waals surface area contributed by atoms with E-state index in [1.807, 2.05) is 12.1 Å². The zero-order valence-corrected chi connectivity index (χ0v) is 7.19. The molecule has 9 heavy (non-hydrogen) atoms. The molecule has 1 aromatic rings. The first-order valence-electron chi connectivity index (χ1n) is 2.55. The average Bonchev–Trinajstić information content (AvgIpc) is 1.89. The van der Waals surface area contributed by atoms with Gasteiger partial charge in [-0.25, -0.2) is 0 Å². The van der Waals surface area contributed by atoms with E-state index >= 15 is 0 Å². The van der Waals surface area contributed by atoms with Gasteiger partial charge < -0.3 is 0 Å². The molecule has 0 saturated carbocycles. The second kappa shape index (κ2) is 3.22. The normalized spacial score (nSPS) is 9.56. The van der Waals surface area contributed by atoms with Gasteiger partial charge in [0, 0.05) is 16.4 Å². The summed E-state index contributed by atoms with van der Waals surface area (Å²) in [7, 11) is 0. The molecule has 0 atom stereocenters. The van der Waals surface area contributed by atoms with Crippen molar-refractivity contribution in [2.24, 2.45) is 0 Å². The molecule has 0 aliphatic carbocycles. The van der Waals surface area contributed by atoms with Crippen molar-refractivity contribution >= 4 is 28.6 Å². The molecule has 0 fully saturated rings. The molecule has 3 heteroatoms. The summed E-state index contributed by atoms with van der Waals surface area (Å²) < 4.78 is 1.03. The summed E-state index contributed by atoms with van der Waals surface area (Å²) in [6.07, 6.45) is 1.76. The van der Waals surface area contributed by atoms with Gasteiger partial charge in [-0.1, -0.05) is 0 Å². The summed E-state index contributed by atoms with van der Waals surface area (Å²) in [6, 6.07) is 3.84. The monoisotopic (exact) mass is 203 g/mol. The molecule has 0 amide bonds. The van der Waals surface area contributed by atoms with Crippen LogP contribution in [0.15, 0.2) is 22.8 Å². The van der Waals surface area contributed by atoms with Crippen LogP contribution in [0.3, 0.4) is 0 Å². The van der Waals surface area contributed by atoms with Crippen LogP contribution in [0.4, 0.5) is 0 Å². The standard InChI is InChI=1S/C6H6BrNS/c7-5-2-1-3-8-6(5)4-9/h1-3,9H,4H2. The summed E-state index contributed by atoms with van der Waals surface area (Å²) in [5, 5.41) is 0. The third-order valence-electron chi connectivity index (χ3n) is 0.984. The lowest BCUT2D eigenvalue weighted by molar-refractivity contribution is 1.16. The highest BCUT2D eigenvalue weighted by molar-refractivity contribution is 9.10. The van der Waals surface area contributed by atoms with E-state index in [1.165, 1.54) is 0 Å². The Morgan fingerprint density at radius 3 is 2.89 bits per heavy atom. The minimum Gasteiger partial charge on any atom is -0.259 e. The van der Waals surface area contributed by atoms with Gasteiger partial charge >= 0.3 is 0 Å². The van der Waals surface area contributed by atoms with Gasteiger partial charge in [0.1, 0.15) is 0 Å². The third-order valence-corrected chi connectivity index (χ3v) is 2.01. The van der Waals surface area contributed by atoms with Crippen molar-refractivity contribution in [1.82, 2.24) is 4.98 Å². The van der Waals surface area contributed by atoms with E-state index in [2.05, 4.69) is 33.5 Å². The van der Waals surface area contributed by atoms with E-state index in [0.29, 0.717) is 5.75 Å². The molecule has 0 N–H and O–H groups in total. The fraction of sp³-hybridized carbons (Fsp3) is 0.167. The summed E-state index contributed by atoms with van der Waals surface area (Å²) in [5.74, 6) is 0.682. The van der Waals surface area contributed by atoms with Crippen molar-refractivity contribution in [3.8, 4) is 0 Å². The molecular formula is C6H6BrNS. The number of hydrogen-bond acceptors (Lipinski definition) is 2. The Labute approximate surface area is 68.0 Å². The molecule has 0 radical (unpaired) electrons. The van der Waals surface area contributed by atoms with Crippen LogP contribution in [-0.4, -0.2) is 4.98 Å². The number of hydrogen-bond donors (Lipinski definition) is 1. The Hall–Kier alpha value is -0.0200. The third kappa shape index (κ3) is 1.69. The van der Waals surface area contributed by atoms with Crippen molar-refractivity contribution in [1.29, 1.82) is 0 Å². The molecule has 0 bridgehead atoms. The van der Waals surface area contributed by atoms with Crippen LogP contribution in [0, 0.1) is 0 Å². The molecule has 0 aliphatic rings. The summed E-state index contributed by atoms with van der Waals surface area (Å²) in [5.41, 5.74) is 0.987. The number of aromatic nitrogens is 1. The highest BCUT2D eigenvalue weighted by Gasteiger charge is 1.93. The lowest BCUT2D eigenvalue weighted by Crippen LogP contribution is -1.83. The predicted molar refractivity (Wildman–Crippen MR) is 44.6 cm³/mol. The van der Waals surface area contributed by atoms with E-state index in [9.17, 15) is 0 Å². The smallest absolute Gasteiger partial charge is 0.0641 e. The minimum absolute atomic E-state index is 0.682. The Balaban J connectivity index is 3.01. The van der Waals surface area contributed by atoms with Crippen LogP contribution < -0.4 is 0 Å². The molecule has 0 aliphatic heterocycles. The quantitative estimate of drug-likeness (QED) is 0.692. The SMILES string of the molecule is SCc1ncccc1Br. The van der Waals surface area contributed by atoms with Gasteiger partial charge in [0.2, 0.25) is 0 Å². The molecule has 0 spiro atoms. The van der Waals surface area contributed by atoms with Crippen LogP contribution in [0.5, 0.6) is 0 Å². The zero-order valence-electron chi connectivity index (χ0n) is 4.71. The van der Waals surface area contributed by atoms with E-state index in [0.717, 1.165) is 10.2 Å². The molecule has 0 saturated heterocycles. The van der Waals surface area contributed by atoms with Crippen LogP contribution in [-0.2, 0) is 5.75 Å². The Morgan fingerprint density at radius 2 is 2.44 bits per heavy atom. The van der Waals surface area contributed by atoms with Crippen molar-refractivity contribution in [3.63, 3.8) is 0 Å². The maximum atomic E-state index is 4.09. The first kappa shape index (κ1) is 7.09. The van der Waals surface area contributed by atoms with E-state index in [-0.39, 0.29) is 0 Å². The molecule has 0 unspecified atom stereocenters. The number of rotatable bonds is 1. The Kier molecular flexibility index (Phi) is 2.54. The van der Waals surface area contributed by atoms with Crippen LogP contribution in [0.25, 0.3) is 0 Å². The number of nitrogens with zero attached hydrogens (tertiary/aromatic N) is 1. The van der Waals surface area contributed by atoms with Gasteiger partial charge in [0.05, 0.1) is 5.69 Å². The molecule has 0 aromatic carbocycles. The van der Waals surface area contributed by atoms with Gasteiger partial charge in [0.25, 0.3) is 0 Å². The van der Waals surface area contributed by atoms with Gasteiger partial charge in [-0.3, -0.25) is 4.98 Å². The average molecular weight is 204 g/mol. The maximum Gasteiger partial charge on any atom is 0.0641 e. The predicted octanol–water partition coefficient (Wildman–Crippen LogP) is 2.27. The first-order valence-corrected chi connectivity index (χ1v) is 3.97. The van der Waals surface area contributed by atoms with Crippen molar-refractivity contribution in [2.75, 3.05) is 0 Å². The first-order chi connectivity index (χ1) is 4.34. The second-order valence-electron chi connectivity index (χ2n) is 1.59. The van der Waals surface area contributed by atoms with Gasteiger partial charge in [-0.2, -0.15) is 12.6 Å². The fourth-order valence-corrected chi connectivity index (χ4v) is 1.40. The lowest BCUT2D eigenvalue weighted by Gasteiger charge is -1.95. The Bertz CT molecular complexity index is 202. The van der Waals surface area contributed by atoms with E-state index < -0.39 is 0 Å². The Morgan fingerprint density at radius 1 is 1.67 bits per heavy atom. The minimum atomic E-state index is 0.682. The lowest BCUT2D eigenvalue weighted by atomic mass is 10.4. The summed E-state index contributed by atoms with van der Waals surface area (Å²) in [4.78, 5) is 4.07. The molecule has 1 heterocycles. The number of halogens is 1. The molecule has 1 aromatic heterocycles. The molecule has 1 rings (SSSR count). The van der Waals surface area contributed by atoms with E-state index in [1.54, 1.807) is 6.20 Å². The van der Waals surface area contributed by atoms with Gasteiger partial charge in [-0.15, -0.1) is 0 Å². The topological polar surface area (TPSA) is 12.9 Å². The summed E-state index contributed by atoms with van der Waals surface area (Å²) >= 11 is 7.43. The van der Waals surface area contributed by atoms with Gasteiger partial charge in [0.15, 0.2) is 0 Å². The maximum absolute atomic E-state index is 4.09. The van der Waals surface area contributed by atoms with E-state index in [4.69, 9.17) is 0 Å². The summed E-state index contributed by atoms with van der Waals surface area (Å²) in [6.45, 7) is 0. The van der Waals surface area contributed by atoms with Crippen LogP contribution >= 0.6 is 28.6 Å². The van der Waals surface area contributed by atoms with Crippen molar-refractivity contribution < 1.29 is 0 Å². The largest absolute Gasteiger partial charge is 0.259 e. The highest BCUT2D eigenvalue weighted by Crippen LogP contribution is 2.14. The molecule has 1 nitrogen and oxygen atoms in total. The van der Waals surface area contributed by atoms with Crippen LogP contribution in [0.2, 0.25) is 0 Å². The number of pyridine rings is 1. The van der Waals surface area contributed by atoms with Crippen molar-refractivity contribution in [3.05, 3.63) is 28.5 Å². The number of thiol groups is 1. The zero-order chi connectivity index (χ0) is 6.69.